The minimum Gasteiger partial charge on any atom is -0.381 e. The number of sulfone groups is 1. The number of carbonyl (C=O) groups excluding carboxylic acids is 1. The van der Waals surface area contributed by atoms with Gasteiger partial charge >= 0.3 is 6.18 Å². The van der Waals surface area contributed by atoms with Crippen molar-refractivity contribution in [3.63, 3.8) is 0 Å². The number of hydrogen-bond donors (Lipinski definition) is 1. The third-order valence-electron chi connectivity index (χ3n) is 6.69. The van der Waals surface area contributed by atoms with Crippen molar-refractivity contribution in [1.29, 1.82) is 5.26 Å². The van der Waals surface area contributed by atoms with Gasteiger partial charge in [0.2, 0.25) is 5.91 Å². The van der Waals surface area contributed by atoms with Crippen LogP contribution in [-0.4, -0.2) is 43.3 Å². The molecule has 2 saturated carbocycles. The Balaban J connectivity index is 1.71. The molecule has 11 heteroatoms. The van der Waals surface area contributed by atoms with Gasteiger partial charge in [0.25, 0.3) is 0 Å². The molecule has 186 valence electrons. The molecule has 2 aromatic rings. The third kappa shape index (κ3) is 4.90. The van der Waals surface area contributed by atoms with E-state index in [1.165, 1.54) is 25.4 Å². The molecule has 1 amide bonds. The van der Waals surface area contributed by atoms with Gasteiger partial charge in [0, 0.05) is 24.6 Å². The average molecular weight is 508 g/mol. The summed E-state index contributed by atoms with van der Waals surface area (Å²) in [5.41, 5.74) is -1.14. The molecule has 1 aromatic heterocycles. The van der Waals surface area contributed by atoms with Crippen LogP contribution in [0.3, 0.4) is 0 Å². The minimum atomic E-state index is -4.66. The topological polar surface area (TPSA) is 109 Å². The first-order valence-electron chi connectivity index (χ1n) is 11.0. The van der Waals surface area contributed by atoms with Crippen LogP contribution in [0.15, 0.2) is 41.4 Å². The quantitative estimate of drug-likeness (QED) is 0.637. The molecule has 0 radical (unpaired) electrons. The zero-order valence-corrected chi connectivity index (χ0v) is 19.9. The first kappa shape index (κ1) is 25.1. The highest BCUT2D eigenvalue weighted by molar-refractivity contribution is 7.92. The summed E-state index contributed by atoms with van der Waals surface area (Å²) < 4.78 is 73.2. The van der Waals surface area contributed by atoms with Gasteiger partial charge in [-0.15, -0.1) is 0 Å². The second kappa shape index (κ2) is 8.91. The molecule has 0 unspecified atom stereocenters. The average Bonchev–Trinajstić information content (AvgIpc) is 3.43. The molecular weight excluding hydrogens is 483 g/mol. The van der Waals surface area contributed by atoms with Crippen molar-refractivity contribution in [1.82, 2.24) is 10.3 Å². The Kier molecular flexibility index (Phi) is 6.40. The molecule has 1 N–H and O–H groups in total. The lowest BCUT2D eigenvalue weighted by molar-refractivity contribution is -0.137. The van der Waals surface area contributed by atoms with E-state index in [0.29, 0.717) is 24.1 Å². The molecule has 0 spiro atoms. The predicted molar refractivity (Wildman–Crippen MR) is 120 cm³/mol. The van der Waals surface area contributed by atoms with Gasteiger partial charge < -0.3 is 10.1 Å². The number of nitrogens with one attached hydrogen (secondary N) is 1. The minimum absolute atomic E-state index is 0.00626. The summed E-state index contributed by atoms with van der Waals surface area (Å²) in [5, 5.41) is 10.9. The van der Waals surface area contributed by atoms with Crippen LogP contribution in [0.5, 0.6) is 0 Å². The summed E-state index contributed by atoms with van der Waals surface area (Å²) in [5.74, 6) is -1.25. The molecule has 2 fully saturated rings. The molecule has 3 atom stereocenters. The molecule has 2 aliphatic rings. The number of aryl methyl sites for hydroxylation is 1. The fourth-order valence-corrected chi connectivity index (χ4v) is 6.54. The maximum atomic E-state index is 13.7. The number of nitriles is 1. The number of benzene rings is 1. The van der Waals surface area contributed by atoms with Crippen LogP contribution in [0.4, 0.5) is 13.2 Å². The van der Waals surface area contributed by atoms with E-state index < -0.39 is 50.3 Å². The second-order valence-corrected chi connectivity index (χ2v) is 11.3. The molecule has 0 bridgehead atoms. The zero-order valence-electron chi connectivity index (χ0n) is 19.1. The first-order chi connectivity index (χ1) is 16.4. The number of alkyl halides is 3. The normalized spacial score (nSPS) is 23.5. The van der Waals surface area contributed by atoms with Crippen molar-refractivity contribution < 1.29 is 31.1 Å². The fraction of sp³-hybridized carbons (Fsp3) is 0.458. The molecule has 35 heavy (non-hydrogen) atoms. The standard InChI is InChI=1S/C24H24F3N3O4S/c1-14-9-15(5-8-29-14)18-10-16(24(25,26)27)3-4-21(18)35(32,33)17-11-19(20(12-17)34-2)22(31)30-23(13-28)6-7-23/h3-5,8-10,17,19-20H,6-7,11-12H2,1-2H3,(H,30,31)/t17-,19-,20-/m1/s1. The number of hydrogen-bond acceptors (Lipinski definition) is 6. The number of ether oxygens (including phenoxy) is 1. The smallest absolute Gasteiger partial charge is 0.381 e. The van der Waals surface area contributed by atoms with Crippen LogP contribution in [0, 0.1) is 24.2 Å². The Morgan fingerprint density at radius 1 is 1.23 bits per heavy atom. The van der Waals surface area contributed by atoms with Crippen molar-refractivity contribution in [2.45, 2.75) is 60.6 Å². The van der Waals surface area contributed by atoms with Crippen LogP contribution in [0.1, 0.15) is 36.9 Å². The van der Waals surface area contributed by atoms with Crippen LogP contribution < -0.4 is 5.32 Å². The maximum Gasteiger partial charge on any atom is 0.416 e. The lowest BCUT2D eigenvalue weighted by atomic mass is 10.0. The number of pyridine rings is 1. The number of amides is 1. The van der Waals surface area contributed by atoms with Gasteiger partial charge in [-0.3, -0.25) is 9.78 Å². The summed E-state index contributed by atoms with van der Waals surface area (Å²) in [6.07, 6.45) is -2.96. The number of aromatic nitrogens is 1. The van der Waals surface area contributed by atoms with Crippen molar-refractivity contribution >= 4 is 15.7 Å². The number of rotatable bonds is 6. The Bertz CT molecular complexity index is 1300. The van der Waals surface area contributed by atoms with Gasteiger partial charge in [0.15, 0.2) is 9.84 Å². The molecule has 1 aromatic carbocycles. The Morgan fingerprint density at radius 2 is 1.94 bits per heavy atom. The van der Waals surface area contributed by atoms with Crippen molar-refractivity contribution in [2.75, 3.05) is 7.11 Å². The number of halogens is 3. The SMILES string of the molecule is CO[C@@H]1C[C@H](S(=O)(=O)c2ccc(C(F)(F)F)cc2-c2ccnc(C)c2)C[C@H]1C(=O)NC1(C#N)CC1. The summed E-state index contributed by atoms with van der Waals surface area (Å²) in [7, 11) is -2.77. The van der Waals surface area contributed by atoms with Crippen molar-refractivity contribution in [3.05, 3.63) is 47.8 Å². The van der Waals surface area contributed by atoms with Gasteiger partial charge in [-0.05, 0) is 68.5 Å². The Hall–Kier alpha value is -2.97. The van der Waals surface area contributed by atoms with Gasteiger partial charge in [-0.25, -0.2) is 8.42 Å². The van der Waals surface area contributed by atoms with E-state index in [4.69, 9.17) is 4.74 Å². The highest BCUT2D eigenvalue weighted by atomic mass is 32.2. The van der Waals surface area contributed by atoms with Gasteiger partial charge in [-0.2, -0.15) is 18.4 Å². The Morgan fingerprint density at radius 3 is 2.51 bits per heavy atom. The van der Waals surface area contributed by atoms with Crippen LogP contribution in [-0.2, 0) is 25.5 Å². The highest BCUT2D eigenvalue weighted by Crippen LogP contribution is 2.42. The van der Waals surface area contributed by atoms with E-state index in [1.54, 1.807) is 6.92 Å². The largest absolute Gasteiger partial charge is 0.416 e. The first-order valence-corrected chi connectivity index (χ1v) is 12.6. The summed E-state index contributed by atoms with van der Waals surface area (Å²) in [6.45, 7) is 1.66. The second-order valence-electron chi connectivity index (χ2n) is 9.10. The molecule has 0 saturated heterocycles. The number of nitrogens with zero attached hydrogens (tertiary/aromatic N) is 2. The van der Waals surface area contributed by atoms with E-state index in [1.807, 2.05) is 0 Å². The third-order valence-corrected chi connectivity index (χ3v) is 8.92. The zero-order chi connectivity index (χ0) is 25.6. The van der Waals surface area contributed by atoms with Gasteiger partial charge in [0.1, 0.15) is 5.54 Å². The van der Waals surface area contributed by atoms with Crippen LogP contribution in [0.25, 0.3) is 11.1 Å². The summed E-state index contributed by atoms with van der Waals surface area (Å²) in [6, 6.07) is 7.61. The molecular formula is C24H24F3N3O4S. The van der Waals surface area contributed by atoms with E-state index in [0.717, 1.165) is 18.2 Å². The monoisotopic (exact) mass is 507 g/mol. The van der Waals surface area contributed by atoms with Crippen LogP contribution >= 0.6 is 0 Å². The van der Waals surface area contributed by atoms with Gasteiger partial charge in [0.05, 0.1) is 33.8 Å². The molecule has 0 aliphatic heterocycles. The predicted octanol–water partition coefficient (Wildman–Crippen LogP) is 3.82. The van der Waals surface area contributed by atoms with Crippen molar-refractivity contribution in [2.24, 2.45) is 5.92 Å². The summed E-state index contributed by atoms with van der Waals surface area (Å²) >= 11 is 0. The molecule has 7 nitrogen and oxygen atoms in total. The number of carbonyl (C=O) groups is 1. The maximum absolute atomic E-state index is 13.7. The van der Waals surface area contributed by atoms with E-state index in [-0.39, 0.29) is 23.3 Å². The van der Waals surface area contributed by atoms with E-state index >= 15 is 0 Å². The van der Waals surface area contributed by atoms with E-state index in [2.05, 4.69) is 16.4 Å². The lowest BCUT2D eigenvalue weighted by Crippen LogP contribution is -2.42. The number of methoxy groups -OCH3 is 1. The van der Waals surface area contributed by atoms with Crippen LogP contribution in [0.2, 0.25) is 0 Å². The Labute approximate surface area is 201 Å². The van der Waals surface area contributed by atoms with Crippen molar-refractivity contribution in [3.8, 4) is 17.2 Å². The van der Waals surface area contributed by atoms with E-state index in [9.17, 15) is 31.6 Å². The summed E-state index contributed by atoms with van der Waals surface area (Å²) in [4.78, 5) is 16.6. The van der Waals surface area contributed by atoms with Gasteiger partial charge in [-0.1, -0.05) is 0 Å². The molecule has 1 heterocycles. The lowest BCUT2D eigenvalue weighted by Gasteiger charge is -2.19. The fourth-order valence-electron chi connectivity index (χ4n) is 4.54. The molecule has 4 rings (SSSR count). The molecule has 2 aliphatic carbocycles. The highest BCUT2D eigenvalue weighted by Gasteiger charge is 2.50.